The van der Waals surface area contributed by atoms with Crippen molar-refractivity contribution in [2.75, 3.05) is 31.2 Å². The van der Waals surface area contributed by atoms with E-state index < -0.39 is 0 Å². The van der Waals surface area contributed by atoms with Gasteiger partial charge < -0.3 is 15.0 Å². The van der Waals surface area contributed by atoms with Gasteiger partial charge >= 0.3 is 0 Å². The molecule has 0 atom stereocenters. The summed E-state index contributed by atoms with van der Waals surface area (Å²) in [7, 11) is 0. The van der Waals surface area contributed by atoms with Gasteiger partial charge in [-0.2, -0.15) is 0 Å². The van der Waals surface area contributed by atoms with Crippen LogP contribution in [0.15, 0.2) is 42.7 Å². The maximum absolute atomic E-state index is 12.2. The predicted octanol–water partition coefficient (Wildman–Crippen LogP) is 1.24. The van der Waals surface area contributed by atoms with E-state index in [1.807, 2.05) is 30.3 Å². The van der Waals surface area contributed by atoms with Crippen molar-refractivity contribution in [2.45, 2.75) is 6.54 Å². The summed E-state index contributed by atoms with van der Waals surface area (Å²) in [6.45, 7) is 3.48. The monoisotopic (exact) mass is 298 g/mol. The Morgan fingerprint density at radius 3 is 2.82 bits per heavy atom. The van der Waals surface area contributed by atoms with Gasteiger partial charge in [0.05, 0.1) is 25.5 Å². The molecule has 0 bridgehead atoms. The molecule has 1 aliphatic heterocycles. The van der Waals surface area contributed by atoms with Crippen LogP contribution in [0.25, 0.3) is 0 Å². The smallest absolute Gasteiger partial charge is 0.270 e. The van der Waals surface area contributed by atoms with E-state index in [4.69, 9.17) is 4.74 Å². The highest BCUT2D eigenvalue weighted by Crippen LogP contribution is 2.16. The zero-order valence-corrected chi connectivity index (χ0v) is 12.2. The second-order valence-electron chi connectivity index (χ2n) is 5.00. The van der Waals surface area contributed by atoms with E-state index in [-0.39, 0.29) is 5.91 Å². The lowest BCUT2D eigenvalue weighted by Gasteiger charge is -2.28. The Bertz CT molecular complexity index is 627. The van der Waals surface area contributed by atoms with Crippen LogP contribution in [0.4, 0.5) is 5.69 Å². The topological polar surface area (TPSA) is 67.4 Å². The molecule has 0 aromatic carbocycles. The first-order valence-electron chi connectivity index (χ1n) is 7.30. The first-order chi connectivity index (χ1) is 10.8. The van der Waals surface area contributed by atoms with Crippen molar-refractivity contribution in [3.05, 3.63) is 54.1 Å². The van der Waals surface area contributed by atoms with Gasteiger partial charge in [-0.1, -0.05) is 6.07 Å². The maximum Gasteiger partial charge on any atom is 0.270 e. The molecular weight excluding hydrogens is 280 g/mol. The molecule has 1 saturated heterocycles. The van der Waals surface area contributed by atoms with E-state index >= 15 is 0 Å². The molecule has 2 aromatic rings. The molecule has 6 nitrogen and oxygen atoms in total. The summed E-state index contributed by atoms with van der Waals surface area (Å²) in [4.78, 5) is 22.7. The quantitative estimate of drug-likeness (QED) is 0.920. The number of carbonyl (C=O) groups excluding carboxylic acids is 1. The van der Waals surface area contributed by atoms with Crippen molar-refractivity contribution in [1.82, 2.24) is 15.3 Å². The molecule has 1 fully saturated rings. The fourth-order valence-corrected chi connectivity index (χ4v) is 2.33. The average molecular weight is 298 g/mol. The third-order valence-corrected chi connectivity index (χ3v) is 3.51. The molecule has 0 spiro atoms. The Balaban J connectivity index is 1.64. The molecular formula is C16H18N4O2. The minimum atomic E-state index is -0.194. The van der Waals surface area contributed by atoms with Crippen molar-refractivity contribution in [3.8, 4) is 0 Å². The fraction of sp³-hybridized carbons (Fsp3) is 0.312. The van der Waals surface area contributed by atoms with Crippen LogP contribution in [0, 0.1) is 0 Å². The normalized spacial score (nSPS) is 14.6. The number of nitrogens with zero attached hydrogens (tertiary/aromatic N) is 3. The summed E-state index contributed by atoms with van der Waals surface area (Å²) < 4.78 is 5.34. The summed E-state index contributed by atoms with van der Waals surface area (Å²) in [6.07, 6.45) is 3.37. The molecule has 0 radical (unpaired) electrons. The van der Waals surface area contributed by atoms with Gasteiger partial charge in [-0.25, -0.2) is 0 Å². The van der Waals surface area contributed by atoms with Crippen molar-refractivity contribution in [1.29, 1.82) is 0 Å². The van der Waals surface area contributed by atoms with Crippen LogP contribution in [0.3, 0.4) is 0 Å². The van der Waals surface area contributed by atoms with Gasteiger partial charge in [-0.3, -0.25) is 14.8 Å². The largest absolute Gasteiger partial charge is 0.378 e. The predicted molar refractivity (Wildman–Crippen MR) is 82.7 cm³/mol. The Hall–Kier alpha value is -2.47. The summed E-state index contributed by atoms with van der Waals surface area (Å²) in [6, 6.07) is 9.35. The van der Waals surface area contributed by atoms with Crippen LogP contribution < -0.4 is 10.2 Å². The molecule has 0 saturated carbocycles. The van der Waals surface area contributed by atoms with E-state index in [2.05, 4.69) is 20.2 Å². The maximum atomic E-state index is 12.2. The molecule has 0 aliphatic carbocycles. The lowest BCUT2D eigenvalue weighted by Crippen LogP contribution is -2.36. The van der Waals surface area contributed by atoms with Gasteiger partial charge in [0.15, 0.2) is 0 Å². The summed E-state index contributed by atoms with van der Waals surface area (Å²) >= 11 is 0. The van der Waals surface area contributed by atoms with Crippen molar-refractivity contribution < 1.29 is 9.53 Å². The molecule has 1 N–H and O–H groups in total. The Kier molecular flexibility index (Phi) is 4.60. The van der Waals surface area contributed by atoms with Gasteiger partial charge in [0, 0.05) is 31.2 Å². The number of amides is 1. The highest BCUT2D eigenvalue weighted by atomic mass is 16.5. The van der Waals surface area contributed by atoms with Gasteiger partial charge in [-0.15, -0.1) is 0 Å². The summed E-state index contributed by atoms with van der Waals surface area (Å²) in [5, 5.41) is 2.84. The zero-order chi connectivity index (χ0) is 15.2. The number of nitrogens with one attached hydrogen (secondary N) is 1. The van der Waals surface area contributed by atoms with E-state index in [9.17, 15) is 4.79 Å². The van der Waals surface area contributed by atoms with Gasteiger partial charge in [0.25, 0.3) is 5.91 Å². The fourth-order valence-electron chi connectivity index (χ4n) is 2.33. The molecule has 3 heterocycles. The summed E-state index contributed by atoms with van der Waals surface area (Å²) in [5.74, 6) is -0.194. The number of aromatic nitrogens is 2. The van der Waals surface area contributed by atoms with E-state index in [0.29, 0.717) is 25.5 Å². The minimum absolute atomic E-state index is 0.194. The average Bonchev–Trinajstić information content (AvgIpc) is 2.61. The Morgan fingerprint density at radius 2 is 2.05 bits per heavy atom. The first-order valence-corrected chi connectivity index (χ1v) is 7.30. The molecule has 0 unspecified atom stereocenters. The molecule has 1 amide bonds. The Morgan fingerprint density at radius 1 is 1.18 bits per heavy atom. The van der Waals surface area contributed by atoms with Gasteiger partial charge in [-0.05, 0) is 24.3 Å². The van der Waals surface area contributed by atoms with E-state index in [1.165, 1.54) is 0 Å². The SMILES string of the molecule is O=C(NCc1ccccn1)c1cc(N2CCOCC2)ccn1. The Labute approximate surface area is 129 Å². The van der Waals surface area contributed by atoms with Crippen LogP contribution >= 0.6 is 0 Å². The van der Waals surface area contributed by atoms with E-state index in [1.54, 1.807) is 12.4 Å². The van der Waals surface area contributed by atoms with Crippen LogP contribution in [-0.2, 0) is 11.3 Å². The van der Waals surface area contributed by atoms with Crippen molar-refractivity contribution in [3.63, 3.8) is 0 Å². The lowest BCUT2D eigenvalue weighted by molar-refractivity contribution is 0.0945. The minimum Gasteiger partial charge on any atom is -0.378 e. The highest BCUT2D eigenvalue weighted by Gasteiger charge is 2.14. The number of pyridine rings is 2. The third-order valence-electron chi connectivity index (χ3n) is 3.51. The number of rotatable bonds is 4. The molecule has 3 rings (SSSR count). The first kappa shape index (κ1) is 14.5. The van der Waals surface area contributed by atoms with Crippen molar-refractivity contribution in [2.24, 2.45) is 0 Å². The number of anilines is 1. The van der Waals surface area contributed by atoms with Gasteiger partial charge in [0.1, 0.15) is 5.69 Å². The van der Waals surface area contributed by atoms with Crippen LogP contribution in [0.5, 0.6) is 0 Å². The summed E-state index contributed by atoms with van der Waals surface area (Å²) in [5.41, 5.74) is 2.24. The number of morpholine rings is 1. The second-order valence-corrected chi connectivity index (χ2v) is 5.00. The third kappa shape index (κ3) is 3.59. The number of carbonyl (C=O) groups is 1. The van der Waals surface area contributed by atoms with Crippen LogP contribution in [0.1, 0.15) is 16.2 Å². The lowest BCUT2D eigenvalue weighted by atomic mass is 10.2. The van der Waals surface area contributed by atoms with Crippen LogP contribution in [0.2, 0.25) is 0 Å². The standard InChI is InChI=1S/C16H18N4O2/c21-16(19-12-13-3-1-2-5-17-13)15-11-14(4-6-18-15)20-7-9-22-10-8-20/h1-6,11H,7-10,12H2,(H,19,21). The number of hydrogen-bond acceptors (Lipinski definition) is 5. The zero-order valence-electron chi connectivity index (χ0n) is 12.2. The van der Waals surface area contributed by atoms with Gasteiger partial charge in [0.2, 0.25) is 0 Å². The highest BCUT2D eigenvalue weighted by molar-refractivity contribution is 5.93. The molecule has 22 heavy (non-hydrogen) atoms. The van der Waals surface area contributed by atoms with E-state index in [0.717, 1.165) is 24.5 Å². The number of hydrogen-bond donors (Lipinski definition) is 1. The van der Waals surface area contributed by atoms with Crippen molar-refractivity contribution >= 4 is 11.6 Å². The molecule has 1 aliphatic rings. The molecule has 114 valence electrons. The second kappa shape index (κ2) is 7.00. The number of ether oxygens (including phenoxy) is 1. The molecule has 2 aromatic heterocycles. The van der Waals surface area contributed by atoms with Crippen LogP contribution in [-0.4, -0.2) is 42.2 Å². The molecule has 6 heteroatoms.